The molecule has 0 unspecified atom stereocenters. The van der Waals surface area contributed by atoms with Crippen molar-refractivity contribution in [3.63, 3.8) is 0 Å². The Hall–Kier alpha value is -2.95. The smallest absolute Gasteiger partial charge is 0.266 e. The quantitative estimate of drug-likeness (QED) is 0.744. The number of benzene rings is 2. The van der Waals surface area contributed by atoms with Gasteiger partial charge in [-0.1, -0.05) is 29.8 Å². The zero-order chi connectivity index (χ0) is 18.7. The highest BCUT2D eigenvalue weighted by Crippen LogP contribution is 2.25. The van der Waals surface area contributed by atoms with Gasteiger partial charge < -0.3 is 0 Å². The number of carbonyl (C=O) groups is 1. The number of carbonyl (C=O) groups excluding carboxylic acids is 1. The maximum Gasteiger partial charge on any atom is 0.266 e. The van der Waals surface area contributed by atoms with Crippen LogP contribution in [0.1, 0.15) is 11.1 Å². The average Bonchev–Trinajstić information content (AvgIpc) is 2.61. The van der Waals surface area contributed by atoms with Crippen molar-refractivity contribution in [3.05, 3.63) is 70.9 Å². The molecule has 0 saturated heterocycles. The number of amides is 1. The molecule has 0 fully saturated rings. The van der Waals surface area contributed by atoms with Crippen molar-refractivity contribution in [2.24, 2.45) is 0 Å². The van der Waals surface area contributed by atoms with Gasteiger partial charge in [0, 0.05) is 16.6 Å². The molecule has 130 valence electrons. The summed E-state index contributed by atoms with van der Waals surface area (Å²) in [4.78, 5) is 16.1. The van der Waals surface area contributed by atoms with Crippen LogP contribution in [0.4, 0.5) is 0 Å². The first kappa shape index (κ1) is 17.9. The molecule has 2 aromatic carbocycles. The van der Waals surface area contributed by atoms with Gasteiger partial charge in [-0.2, -0.15) is 5.26 Å². The number of nitrogens with one attached hydrogen (secondary N) is 1. The van der Waals surface area contributed by atoms with Crippen LogP contribution in [0.15, 0.2) is 59.6 Å². The highest BCUT2D eigenvalue weighted by atomic mass is 35.5. The van der Waals surface area contributed by atoms with E-state index in [1.807, 2.05) is 10.8 Å². The average molecular weight is 386 g/mol. The van der Waals surface area contributed by atoms with Crippen LogP contribution in [0.25, 0.3) is 10.9 Å². The van der Waals surface area contributed by atoms with Gasteiger partial charge in [-0.3, -0.25) is 9.78 Å². The second-order valence-corrected chi connectivity index (χ2v) is 7.58. The fraction of sp³-hybridized carbons (Fsp3) is 0.0556. The maximum absolute atomic E-state index is 12.6. The number of nitriles is 1. The number of pyridine rings is 1. The van der Waals surface area contributed by atoms with Crippen LogP contribution >= 0.6 is 11.6 Å². The molecule has 1 amide bonds. The minimum Gasteiger partial charge on any atom is -0.274 e. The lowest BCUT2D eigenvalue weighted by Crippen LogP contribution is -2.32. The van der Waals surface area contributed by atoms with E-state index in [1.54, 1.807) is 42.5 Å². The minimum absolute atomic E-state index is 0.142. The third-order valence-electron chi connectivity index (χ3n) is 3.62. The monoisotopic (exact) mass is 385 g/mol. The number of hydrogen-bond acceptors (Lipinski definition) is 5. The van der Waals surface area contributed by atoms with Crippen molar-refractivity contribution < 1.29 is 13.2 Å². The molecule has 0 aliphatic rings. The molecule has 0 bridgehead atoms. The van der Waals surface area contributed by atoms with E-state index in [2.05, 4.69) is 4.98 Å². The molecule has 0 aliphatic heterocycles. The predicted molar refractivity (Wildman–Crippen MR) is 96.9 cm³/mol. The molecule has 1 aromatic heterocycles. The fourth-order valence-electron chi connectivity index (χ4n) is 2.45. The van der Waals surface area contributed by atoms with Crippen LogP contribution in [0, 0.1) is 11.3 Å². The van der Waals surface area contributed by atoms with Crippen molar-refractivity contribution in [3.8, 4) is 6.07 Å². The molecule has 8 heteroatoms. The zero-order valence-electron chi connectivity index (χ0n) is 13.3. The Balaban J connectivity index is 1.87. The van der Waals surface area contributed by atoms with Crippen LogP contribution in [0.5, 0.6) is 0 Å². The number of sulfonamides is 1. The number of rotatable bonds is 4. The van der Waals surface area contributed by atoms with Crippen molar-refractivity contribution in [1.82, 2.24) is 9.71 Å². The van der Waals surface area contributed by atoms with Gasteiger partial charge in [-0.25, -0.2) is 13.1 Å². The summed E-state index contributed by atoms with van der Waals surface area (Å²) in [5, 5.41) is 9.56. The van der Waals surface area contributed by atoms with Gasteiger partial charge in [0.1, 0.15) is 4.90 Å². The SMILES string of the molecule is N#Cc1ccc(CC(=O)NS(=O)(=O)c2cc(Cl)cc3cccnc23)cc1. The van der Waals surface area contributed by atoms with E-state index in [-0.39, 0.29) is 21.9 Å². The summed E-state index contributed by atoms with van der Waals surface area (Å²) in [5.41, 5.74) is 1.28. The lowest BCUT2D eigenvalue weighted by Gasteiger charge is -2.10. The van der Waals surface area contributed by atoms with Gasteiger partial charge in [0.2, 0.25) is 5.91 Å². The molecule has 3 rings (SSSR count). The first-order valence-corrected chi connectivity index (χ1v) is 9.34. The van der Waals surface area contributed by atoms with E-state index in [0.717, 1.165) is 0 Å². The molecule has 6 nitrogen and oxygen atoms in total. The topological polar surface area (TPSA) is 99.9 Å². The number of halogens is 1. The van der Waals surface area contributed by atoms with Gasteiger partial charge in [-0.05, 0) is 35.9 Å². The van der Waals surface area contributed by atoms with Gasteiger partial charge in [0.15, 0.2) is 0 Å². The Morgan fingerprint density at radius 1 is 1.19 bits per heavy atom. The summed E-state index contributed by atoms with van der Waals surface area (Å²) < 4.78 is 27.3. The molecule has 26 heavy (non-hydrogen) atoms. The molecular formula is C18H12ClN3O3S. The normalized spacial score (nSPS) is 11.1. The van der Waals surface area contributed by atoms with Gasteiger partial charge in [0.05, 0.1) is 23.6 Å². The fourth-order valence-corrected chi connectivity index (χ4v) is 3.93. The zero-order valence-corrected chi connectivity index (χ0v) is 14.9. The Labute approximate surface area is 155 Å². The summed E-state index contributed by atoms with van der Waals surface area (Å²) in [6.07, 6.45) is 1.32. The van der Waals surface area contributed by atoms with E-state index in [4.69, 9.17) is 16.9 Å². The van der Waals surface area contributed by atoms with E-state index in [9.17, 15) is 13.2 Å². The van der Waals surface area contributed by atoms with E-state index >= 15 is 0 Å². The predicted octanol–water partition coefficient (Wildman–Crippen LogP) is 2.81. The van der Waals surface area contributed by atoms with E-state index in [1.165, 1.54) is 12.3 Å². The molecule has 0 spiro atoms. The molecule has 1 heterocycles. The van der Waals surface area contributed by atoms with Crippen LogP contribution < -0.4 is 4.72 Å². The number of hydrogen-bond donors (Lipinski definition) is 1. The molecule has 0 atom stereocenters. The number of aromatic nitrogens is 1. The summed E-state index contributed by atoms with van der Waals surface area (Å²) >= 11 is 5.99. The van der Waals surface area contributed by atoms with Crippen molar-refractivity contribution >= 4 is 38.4 Å². The van der Waals surface area contributed by atoms with Crippen molar-refractivity contribution in [2.45, 2.75) is 11.3 Å². The summed E-state index contributed by atoms with van der Waals surface area (Å²) in [6, 6.07) is 14.5. The van der Waals surface area contributed by atoms with Crippen LogP contribution in [-0.2, 0) is 21.2 Å². The maximum atomic E-state index is 12.6. The Morgan fingerprint density at radius 3 is 2.62 bits per heavy atom. The van der Waals surface area contributed by atoms with Gasteiger partial charge in [0.25, 0.3) is 10.0 Å². The van der Waals surface area contributed by atoms with E-state index in [0.29, 0.717) is 16.5 Å². The molecule has 0 aliphatic carbocycles. The number of nitrogens with zero attached hydrogens (tertiary/aromatic N) is 2. The Bertz CT molecular complexity index is 1140. The van der Waals surface area contributed by atoms with E-state index < -0.39 is 15.9 Å². The lowest BCUT2D eigenvalue weighted by molar-refractivity contribution is -0.118. The highest BCUT2D eigenvalue weighted by molar-refractivity contribution is 7.90. The third-order valence-corrected chi connectivity index (χ3v) is 5.22. The van der Waals surface area contributed by atoms with Crippen LogP contribution in [0.2, 0.25) is 5.02 Å². The molecular weight excluding hydrogens is 374 g/mol. The molecule has 3 aromatic rings. The summed E-state index contributed by atoms with van der Waals surface area (Å²) in [7, 11) is -4.14. The Kier molecular flexibility index (Phi) is 4.89. The molecule has 0 saturated carbocycles. The van der Waals surface area contributed by atoms with Gasteiger partial charge >= 0.3 is 0 Å². The first-order chi connectivity index (χ1) is 12.4. The largest absolute Gasteiger partial charge is 0.274 e. The summed E-state index contributed by atoms with van der Waals surface area (Å²) in [6.45, 7) is 0. The Morgan fingerprint density at radius 2 is 1.92 bits per heavy atom. The van der Waals surface area contributed by atoms with Crippen LogP contribution in [0.3, 0.4) is 0 Å². The van der Waals surface area contributed by atoms with Crippen molar-refractivity contribution in [2.75, 3.05) is 0 Å². The lowest BCUT2D eigenvalue weighted by atomic mass is 10.1. The highest BCUT2D eigenvalue weighted by Gasteiger charge is 2.22. The first-order valence-electron chi connectivity index (χ1n) is 7.48. The standard InChI is InChI=1S/C18H12ClN3O3S/c19-15-9-14-2-1-7-21-18(14)16(10-15)26(24,25)22-17(23)8-12-3-5-13(11-20)6-4-12/h1-7,9-10H,8H2,(H,22,23). The molecule has 1 N–H and O–H groups in total. The van der Waals surface area contributed by atoms with Crippen LogP contribution in [-0.4, -0.2) is 19.3 Å². The second-order valence-electron chi connectivity index (χ2n) is 5.49. The summed E-state index contributed by atoms with van der Waals surface area (Å²) in [5.74, 6) is -0.696. The van der Waals surface area contributed by atoms with Crippen molar-refractivity contribution in [1.29, 1.82) is 5.26 Å². The van der Waals surface area contributed by atoms with Gasteiger partial charge in [-0.15, -0.1) is 0 Å². The number of fused-ring (bicyclic) bond motifs is 1. The third kappa shape index (κ3) is 3.82. The molecule has 0 radical (unpaired) electrons. The minimum atomic E-state index is -4.14. The second kappa shape index (κ2) is 7.12.